The highest BCUT2D eigenvalue weighted by Gasteiger charge is 2.20. The van der Waals surface area contributed by atoms with Gasteiger partial charge < -0.3 is 0 Å². The molecular formula is C22H29FN2. The minimum Gasteiger partial charge on any atom is -0.236 e. The van der Waals surface area contributed by atoms with E-state index in [-0.39, 0.29) is 5.82 Å². The maximum atomic E-state index is 13.1. The molecule has 1 atom stereocenters. The number of hydrogen-bond acceptors (Lipinski definition) is 2. The molecule has 0 amide bonds. The molecule has 1 aliphatic rings. The molecule has 1 aliphatic carbocycles. The van der Waals surface area contributed by atoms with Gasteiger partial charge in [-0.1, -0.05) is 51.9 Å². The molecule has 2 nitrogen and oxygen atoms in total. The number of halogens is 1. The zero-order valence-electron chi connectivity index (χ0n) is 15.3. The second kappa shape index (κ2) is 9.07. The summed E-state index contributed by atoms with van der Waals surface area (Å²) in [6.45, 7) is 2.27. The zero-order valence-corrected chi connectivity index (χ0v) is 15.3. The van der Waals surface area contributed by atoms with Crippen LogP contribution in [0.25, 0.3) is 11.4 Å². The number of hydrogen-bond donors (Lipinski definition) is 0. The molecule has 0 N–H and O–H groups in total. The van der Waals surface area contributed by atoms with Crippen LogP contribution < -0.4 is 0 Å². The monoisotopic (exact) mass is 340 g/mol. The predicted octanol–water partition coefficient (Wildman–Crippen LogP) is 6.14. The van der Waals surface area contributed by atoms with Crippen LogP contribution in [0, 0.1) is 11.7 Å². The third kappa shape index (κ3) is 5.10. The maximum Gasteiger partial charge on any atom is 0.159 e. The number of fused-ring (bicyclic) bond motifs is 1. The molecule has 1 unspecified atom stereocenters. The SMILES string of the molecule is CCCCCCCCC1CCc2nc(-c3ccc(F)cc3)ncc2C1. The van der Waals surface area contributed by atoms with Gasteiger partial charge in [-0.3, -0.25) is 0 Å². The van der Waals surface area contributed by atoms with Crippen molar-refractivity contribution in [1.29, 1.82) is 0 Å². The van der Waals surface area contributed by atoms with Crippen LogP contribution in [0.3, 0.4) is 0 Å². The van der Waals surface area contributed by atoms with Gasteiger partial charge in [-0.15, -0.1) is 0 Å². The Morgan fingerprint density at radius 1 is 1.04 bits per heavy atom. The molecule has 2 aromatic rings. The topological polar surface area (TPSA) is 25.8 Å². The first kappa shape index (κ1) is 18.0. The number of unbranched alkanes of at least 4 members (excludes halogenated alkanes) is 5. The van der Waals surface area contributed by atoms with E-state index in [0.717, 1.165) is 24.3 Å². The standard InChI is InChI=1S/C22H29FN2/c1-2-3-4-5-6-7-8-17-9-14-21-19(15-17)16-24-22(25-21)18-10-12-20(23)13-11-18/h10-13,16-17H,2-9,14-15H2,1H3. The van der Waals surface area contributed by atoms with Gasteiger partial charge in [-0.05, 0) is 55.0 Å². The fourth-order valence-electron chi connectivity index (χ4n) is 3.78. The number of aryl methyl sites for hydroxylation is 1. The predicted molar refractivity (Wildman–Crippen MR) is 101 cm³/mol. The first-order valence-electron chi connectivity index (χ1n) is 9.87. The summed E-state index contributed by atoms with van der Waals surface area (Å²) in [4.78, 5) is 9.27. The molecule has 0 saturated carbocycles. The van der Waals surface area contributed by atoms with Crippen molar-refractivity contribution >= 4 is 0 Å². The fourth-order valence-corrected chi connectivity index (χ4v) is 3.78. The molecular weight excluding hydrogens is 311 g/mol. The normalized spacial score (nSPS) is 16.6. The van der Waals surface area contributed by atoms with Crippen LogP contribution in [-0.4, -0.2) is 9.97 Å². The van der Waals surface area contributed by atoms with Crippen molar-refractivity contribution in [2.75, 3.05) is 0 Å². The highest BCUT2D eigenvalue weighted by molar-refractivity contribution is 5.55. The molecule has 1 aromatic carbocycles. The molecule has 0 saturated heterocycles. The maximum absolute atomic E-state index is 13.1. The lowest BCUT2D eigenvalue weighted by molar-refractivity contribution is 0.400. The van der Waals surface area contributed by atoms with Gasteiger partial charge in [0, 0.05) is 17.5 Å². The minimum absolute atomic E-state index is 0.223. The quantitative estimate of drug-likeness (QED) is 0.540. The number of benzene rings is 1. The van der Waals surface area contributed by atoms with Crippen LogP contribution in [0.15, 0.2) is 30.5 Å². The van der Waals surface area contributed by atoms with E-state index in [0.29, 0.717) is 5.82 Å². The van der Waals surface area contributed by atoms with Crippen molar-refractivity contribution in [2.45, 2.75) is 71.1 Å². The summed E-state index contributed by atoms with van der Waals surface area (Å²) in [6, 6.07) is 6.44. The third-order valence-electron chi connectivity index (χ3n) is 5.32. The smallest absolute Gasteiger partial charge is 0.159 e. The Morgan fingerprint density at radius 2 is 1.80 bits per heavy atom. The van der Waals surface area contributed by atoms with E-state index in [1.165, 1.54) is 74.8 Å². The van der Waals surface area contributed by atoms with Gasteiger partial charge in [0.15, 0.2) is 5.82 Å². The van der Waals surface area contributed by atoms with E-state index in [4.69, 9.17) is 4.98 Å². The fraction of sp³-hybridized carbons (Fsp3) is 0.545. The lowest BCUT2D eigenvalue weighted by atomic mass is 9.84. The van der Waals surface area contributed by atoms with E-state index in [1.54, 1.807) is 12.1 Å². The Hall–Kier alpha value is -1.77. The minimum atomic E-state index is -0.223. The summed E-state index contributed by atoms with van der Waals surface area (Å²) in [5.74, 6) is 1.28. The van der Waals surface area contributed by atoms with Crippen molar-refractivity contribution in [3.8, 4) is 11.4 Å². The van der Waals surface area contributed by atoms with Gasteiger partial charge in [0.1, 0.15) is 5.82 Å². The van der Waals surface area contributed by atoms with Crippen LogP contribution in [0.1, 0.15) is 69.5 Å². The van der Waals surface area contributed by atoms with Crippen LogP contribution in [0.2, 0.25) is 0 Å². The first-order chi connectivity index (χ1) is 12.3. The van der Waals surface area contributed by atoms with E-state index in [9.17, 15) is 4.39 Å². The Labute approximate surface area is 150 Å². The summed E-state index contributed by atoms with van der Waals surface area (Å²) >= 11 is 0. The van der Waals surface area contributed by atoms with Crippen LogP contribution in [0.4, 0.5) is 4.39 Å². The van der Waals surface area contributed by atoms with Gasteiger partial charge in [-0.25, -0.2) is 14.4 Å². The Bertz CT molecular complexity index is 666. The highest BCUT2D eigenvalue weighted by atomic mass is 19.1. The van der Waals surface area contributed by atoms with Crippen molar-refractivity contribution in [2.24, 2.45) is 5.92 Å². The van der Waals surface area contributed by atoms with E-state index < -0.39 is 0 Å². The summed E-state index contributed by atoms with van der Waals surface area (Å²) < 4.78 is 13.1. The molecule has 0 aliphatic heterocycles. The molecule has 25 heavy (non-hydrogen) atoms. The van der Waals surface area contributed by atoms with Crippen molar-refractivity contribution in [3.63, 3.8) is 0 Å². The van der Waals surface area contributed by atoms with Crippen LogP contribution in [0.5, 0.6) is 0 Å². The van der Waals surface area contributed by atoms with E-state index in [1.807, 2.05) is 6.20 Å². The summed E-state index contributed by atoms with van der Waals surface area (Å²) in [6.07, 6.45) is 15.0. The molecule has 1 heterocycles. The molecule has 0 fully saturated rings. The summed E-state index contributed by atoms with van der Waals surface area (Å²) in [7, 11) is 0. The highest BCUT2D eigenvalue weighted by Crippen LogP contribution is 2.29. The molecule has 134 valence electrons. The largest absolute Gasteiger partial charge is 0.236 e. The van der Waals surface area contributed by atoms with Crippen molar-refractivity contribution in [1.82, 2.24) is 9.97 Å². The molecule has 3 rings (SSSR count). The van der Waals surface area contributed by atoms with Gasteiger partial charge in [0.2, 0.25) is 0 Å². The molecule has 0 spiro atoms. The van der Waals surface area contributed by atoms with Crippen LogP contribution >= 0.6 is 0 Å². The molecule has 0 bridgehead atoms. The second-order valence-corrected chi connectivity index (χ2v) is 7.34. The average molecular weight is 340 g/mol. The first-order valence-corrected chi connectivity index (χ1v) is 9.87. The lowest BCUT2D eigenvalue weighted by Crippen LogP contribution is -2.16. The molecule has 0 radical (unpaired) electrons. The van der Waals surface area contributed by atoms with E-state index >= 15 is 0 Å². The molecule has 1 aromatic heterocycles. The van der Waals surface area contributed by atoms with Gasteiger partial charge in [0.25, 0.3) is 0 Å². The zero-order chi connectivity index (χ0) is 17.5. The Balaban J connectivity index is 1.53. The number of aromatic nitrogens is 2. The van der Waals surface area contributed by atoms with E-state index in [2.05, 4.69) is 11.9 Å². The summed E-state index contributed by atoms with van der Waals surface area (Å²) in [5.41, 5.74) is 3.39. The number of nitrogens with zero attached hydrogens (tertiary/aromatic N) is 2. The van der Waals surface area contributed by atoms with Crippen molar-refractivity contribution in [3.05, 3.63) is 47.5 Å². The van der Waals surface area contributed by atoms with Crippen molar-refractivity contribution < 1.29 is 4.39 Å². The lowest BCUT2D eigenvalue weighted by Gasteiger charge is -2.24. The number of rotatable bonds is 8. The Kier molecular flexibility index (Phi) is 6.55. The van der Waals surface area contributed by atoms with Gasteiger partial charge >= 0.3 is 0 Å². The third-order valence-corrected chi connectivity index (χ3v) is 5.32. The average Bonchev–Trinajstić information content (AvgIpc) is 2.65. The van der Waals surface area contributed by atoms with Gasteiger partial charge in [-0.2, -0.15) is 0 Å². The summed E-state index contributed by atoms with van der Waals surface area (Å²) in [5, 5.41) is 0. The van der Waals surface area contributed by atoms with Gasteiger partial charge in [0.05, 0.1) is 0 Å². The molecule has 3 heteroatoms. The second-order valence-electron chi connectivity index (χ2n) is 7.34. The van der Waals surface area contributed by atoms with Crippen LogP contribution in [-0.2, 0) is 12.8 Å². The Morgan fingerprint density at radius 3 is 2.60 bits per heavy atom.